The van der Waals surface area contributed by atoms with Crippen LogP contribution in [-0.2, 0) is 14.6 Å². The number of sulfone groups is 1. The van der Waals surface area contributed by atoms with Crippen molar-refractivity contribution in [3.8, 4) is 0 Å². The van der Waals surface area contributed by atoms with Crippen molar-refractivity contribution in [3.05, 3.63) is 41.0 Å². The molecule has 20 heavy (non-hydrogen) atoms. The monoisotopic (exact) mass is 293 g/mol. The number of benzene rings is 1. The van der Waals surface area contributed by atoms with Crippen LogP contribution in [0.15, 0.2) is 40.3 Å². The first-order valence-electron chi connectivity index (χ1n) is 6.75. The molecule has 1 heterocycles. The van der Waals surface area contributed by atoms with Crippen molar-refractivity contribution >= 4 is 15.7 Å². The average molecular weight is 293 g/mol. The molecule has 1 atom stereocenters. The van der Waals surface area contributed by atoms with Gasteiger partial charge in [0.2, 0.25) is 15.7 Å². The van der Waals surface area contributed by atoms with Crippen LogP contribution >= 0.6 is 0 Å². The molecule has 108 valence electrons. The van der Waals surface area contributed by atoms with E-state index in [9.17, 15) is 13.2 Å². The Kier molecular flexibility index (Phi) is 3.99. The fourth-order valence-corrected chi connectivity index (χ4v) is 4.25. The van der Waals surface area contributed by atoms with Crippen molar-refractivity contribution in [2.45, 2.75) is 43.9 Å². The topological polar surface area (TPSA) is 63.2 Å². The lowest BCUT2D eigenvalue weighted by Crippen LogP contribution is -2.36. The van der Waals surface area contributed by atoms with E-state index in [4.69, 9.17) is 0 Å². The highest BCUT2D eigenvalue weighted by Crippen LogP contribution is 2.29. The minimum absolute atomic E-state index is 0.247. The zero-order valence-corrected chi connectivity index (χ0v) is 12.8. The van der Waals surface area contributed by atoms with E-state index in [1.807, 2.05) is 20.8 Å². The number of amides is 1. The molecule has 1 amide bonds. The van der Waals surface area contributed by atoms with Gasteiger partial charge in [0.15, 0.2) is 5.37 Å². The molecular weight excluding hydrogens is 274 g/mol. The summed E-state index contributed by atoms with van der Waals surface area (Å²) in [6.45, 7) is 5.65. The maximum Gasteiger partial charge on any atom is 0.248 e. The summed E-state index contributed by atoms with van der Waals surface area (Å²) in [5.74, 6) is -0.259. The van der Waals surface area contributed by atoms with Crippen molar-refractivity contribution in [1.82, 2.24) is 5.32 Å². The second-order valence-corrected chi connectivity index (χ2v) is 6.96. The number of rotatable bonds is 4. The third kappa shape index (κ3) is 2.38. The Bertz CT molecular complexity index is 657. The minimum Gasteiger partial charge on any atom is -0.332 e. The van der Waals surface area contributed by atoms with Crippen LogP contribution in [0.4, 0.5) is 0 Å². The van der Waals surface area contributed by atoms with E-state index in [-0.39, 0.29) is 10.8 Å². The summed E-state index contributed by atoms with van der Waals surface area (Å²) >= 11 is 0. The molecule has 0 radical (unpaired) electrons. The van der Waals surface area contributed by atoms with E-state index in [0.717, 1.165) is 5.56 Å². The van der Waals surface area contributed by atoms with Gasteiger partial charge in [-0.2, -0.15) is 0 Å². The molecule has 1 N–H and O–H groups in total. The molecule has 0 bridgehead atoms. The molecule has 2 rings (SSSR count). The predicted octanol–water partition coefficient (Wildman–Crippen LogP) is 2.34. The summed E-state index contributed by atoms with van der Waals surface area (Å²) in [5.41, 5.74) is 2.30. The Hall–Kier alpha value is -1.62. The Balaban J connectivity index is 2.48. The third-order valence-electron chi connectivity index (χ3n) is 3.63. The first kappa shape index (κ1) is 14.8. The van der Waals surface area contributed by atoms with Gasteiger partial charge < -0.3 is 5.32 Å². The molecule has 0 saturated carbocycles. The zero-order chi connectivity index (χ0) is 14.9. The highest BCUT2D eigenvalue weighted by molar-refractivity contribution is 7.92. The molecule has 1 unspecified atom stereocenters. The standard InChI is InChI=1S/C15H19NO3S/c1-4-12-13(5-2)15(16-14(12)17)20(18,19)11-8-6-10(3)7-9-11/h6-9,15H,4-5H2,1-3H3,(H,16,17). The van der Waals surface area contributed by atoms with Crippen LogP contribution < -0.4 is 5.32 Å². The Morgan fingerprint density at radius 2 is 1.70 bits per heavy atom. The van der Waals surface area contributed by atoms with Gasteiger partial charge in [0, 0.05) is 5.57 Å². The number of hydrogen-bond donors (Lipinski definition) is 1. The van der Waals surface area contributed by atoms with Crippen LogP contribution in [0.3, 0.4) is 0 Å². The van der Waals surface area contributed by atoms with Crippen LogP contribution in [-0.4, -0.2) is 19.7 Å². The van der Waals surface area contributed by atoms with Gasteiger partial charge in [0.25, 0.3) is 0 Å². The van der Waals surface area contributed by atoms with E-state index >= 15 is 0 Å². The first-order chi connectivity index (χ1) is 9.41. The molecule has 1 aromatic carbocycles. The van der Waals surface area contributed by atoms with E-state index < -0.39 is 15.2 Å². The van der Waals surface area contributed by atoms with Gasteiger partial charge in [-0.25, -0.2) is 8.42 Å². The van der Waals surface area contributed by atoms with Gasteiger partial charge in [0.1, 0.15) is 0 Å². The van der Waals surface area contributed by atoms with Gasteiger partial charge in [0.05, 0.1) is 4.90 Å². The van der Waals surface area contributed by atoms with Crippen LogP contribution in [0.2, 0.25) is 0 Å². The molecule has 1 aliphatic heterocycles. The van der Waals surface area contributed by atoms with Crippen molar-refractivity contribution in [1.29, 1.82) is 0 Å². The van der Waals surface area contributed by atoms with Crippen molar-refractivity contribution < 1.29 is 13.2 Å². The first-order valence-corrected chi connectivity index (χ1v) is 8.29. The lowest BCUT2D eigenvalue weighted by molar-refractivity contribution is -0.116. The maximum absolute atomic E-state index is 12.7. The van der Waals surface area contributed by atoms with Gasteiger partial charge in [-0.05, 0) is 37.5 Å². The van der Waals surface area contributed by atoms with Crippen LogP contribution in [0.25, 0.3) is 0 Å². The summed E-state index contributed by atoms with van der Waals surface area (Å²) in [4.78, 5) is 12.1. The fourth-order valence-electron chi connectivity index (χ4n) is 2.51. The number of carbonyl (C=O) groups is 1. The predicted molar refractivity (Wildman–Crippen MR) is 77.9 cm³/mol. The van der Waals surface area contributed by atoms with E-state index in [1.54, 1.807) is 24.3 Å². The second-order valence-electron chi connectivity index (χ2n) is 4.92. The average Bonchev–Trinajstić information content (AvgIpc) is 2.75. The molecule has 1 aliphatic rings. The molecule has 0 fully saturated rings. The van der Waals surface area contributed by atoms with Gasteiger partial charge >= 0.3 is 0 Å². The Morgan fingerprint density at radius 3 is 2.20 bits per heavy atom. The largest absolute Gasteiger partial charge is 0.332 e. The highest BCUT2D eigenvalue weighted by Gasteiger charge is 2.38. The molecule has 0 aromatic heterocycles. The van der Waals surface area contributed by atoms with Crippen molar-refractivity contribution in [2.75, 3.05) is 0 Å². The molecule has 0 aliphatic carbocycles. The Labute approximate surface area is 119 Å². The summed E-state index contributed by atoms with van der Waals surface area (Å²) in [5, 5.41) is 1.69. The van der Waals surface area contributed by atoms with Crippen LogP contribution in [0, 0.1) is 6.92 Å². The van der Waals surface area contributed by atoms with Crippen LogP contribution in [0.5, 0.6) is 0 Å². The SMILES string of the molecule is CCC1=C(CC)C(S(=O)(=O)c2ccc(C)cc2)NC1=O. The van der Waals surface area contributed by atoms with E-state index in [1.165, 1.54) is 0 Å². The highest BCUT2D eigenvalue weighted by atomic mass is 32.2. The summed E-state index contributed by atoms with van der Waals surface area (Å²) in [6, 6.07) is 6.71. The molecule has 0 saturated heterocycles. The van der Waals surface area contributed by atoms with Gasteiger partial charge in [-0.1, -0.05) is 31.5 Å². The van der Waals surface area contributed by atoms with Crippen molar-refractivity contribution in [2.24, 2.45) is 0 Å². The molecule has 0 spiro atoms. The maximum atomic E-state index is 12.7. The van der Waals surface area contributed by atoms with Crippen molar-refractivity contribution in [3.63, 3.8) is 0 Å². The summed E-state index contributed by atoms with van der Waals surface area (Å²) in [7, 11) is -3.58. The van der Waals surface area contributed by atoms with Gasteiger partial charge in [-0.15, -0.1) is 0 Å². The van der Waals surface area contributed by atoms with E-state index in [2.05, 4.69) is 5.32 Å². The summed E-state index contributed by atoms with van der Waals surface area (Å²) < 4.78 is 25.3. The molecule has 1 aromatic rings. The number of nitrogens with one attached hydrogen (secondary N) is 1. The number of carbonyl (C=O) groups excluding carboxylic acids is 1. The fraction of sp³-hybridized carbons (Fsp3) is 0.400. The zero-order valence-electron chi connectivity index (χ0n) is 11.9. The van der Waals surface area contributed by atoms with Crippen LogP contribution in [0.1, 0.15) is 32.3 Å². The minimum atomic E-state index is -3.58. The number of aryl methyl sites for hydroxylation is 1. The number of hydrogen-bond acceptors (Lipinski definition) is 3. The molecule has 5 heteroatoms. The Morgan fingerprint density at radius 1 is 1.10 bits per heavy atom. The normalized spacial score (nSPS) is 19.4. The molecule has 4 nitrogen and oxygen atoms in total. The van der Waals surface area contributed by atoms with E-state index in [0.29, 0.717) is 24.0 Å². The third-order valence-corrected chi connectivity index (χ3v) is 5.59. The summed E-state index contributed by atoms with van der Waals surface area (Å²) in [6.07, 6.45) is 1.10. The smallest absolute Gasteiger partial charge is 0.248 e. The van der Waals surface area contributed by atoms with Gasteiger partial charge in [-0.3, -0.25) is 4.79 Å². The lowest BCUT2D eigenvalue weighted by atomic mass is 10.1. The lowest BCUT2D eigenvalue weighted by Gasteiger charge is -2.15. The quantitative estimate of drug-likeness (QED) is 0.926. The molecular formula is C15H19NO3S. The second kappa shape index (κ2) is 5.40.